The van der Waals surface area contributed by atoms with E-state index in [1.54, 1.807) is 5.57 Å². The molecule has 2 heteroatoms. The van der Waals surface area contributed by atoms with Crippen LogP contribution in [-0.4, -0.2) is 23.4 Å². The molecule has 0 aliphatic heterocycles. The lowest BCUT2D eigenvalue weighted by Crippen LogP contribution is -2.66. The van der Waals surface area contributed by atoms with E-state index in [1.807, 2.05) is 0 Å². The number of hydrogen-bond acceptors (Lipinski definition) is 2. The van der Waals surface area contributed by atoms with Crippen molar-refractivity contribution in [3.05, 3.63) is 11.6 Å². The van der Waals surface area contributed by atoms with Crippen molar-refractivity contribution >= 4 is 0 Å². The van der Waals surface area contributed by atoms with Crippen molar-refractivity contribution in [2.45, 2.75) is 125 Å². The second-order valence-corrected chi connectivity index (χ2v) is 14.5. The summed E-state index contributed by atoms with van der Waals surface area (Å²) in [4.78, 5) is 0. The molecule has 0 aromatic carbocycles. The first kappa shape index (κ1) is 24.4. The van der Waals surface area contributed by atoms with E-state index in [9.17, 15) is 5.11 Å². The summed E-state index contributed by atoms with van der Waals surface area (Å²) in [6.07, 6.45) is 13.7. The van der Waals surface area contributed by atoms with Crippen LogP contribution in [0, 0.1) is 51.2 Å². The Bertz CT molecular complexity index is 814. The summed E-state index contributed by atoms with van der Waals surface area (Å²) in [6.45, 7) is 20.8. The van der Waals surface area contributed by atoms with Gasteiger partial charge in [-0.25, -0.2) is 0 Å². The standard InChI is InChI=1S/C31H52O2/c1-9-33-31-17-12-20(2)21(3)26(31)22-10-11-24-28(6)15-14-25(32)27(4,5)23(28)13-16-30(24,8)29(22,7)18-19-31/h10,20-21,23-26,32H,9,11-19H2,1-8H3/t20-,21+,23?,24?,25+,26?,28+,29-,30-,31+/m1/s1. The smallest absolute Gasteiger partial charge is 0.0750 e. The molecule has 1 N–H and O–H groups in total. The van der Waals surface area contributed by atoms with E-state index in [2.05, 4.69) is 61.5 Å². The lowest BCUT2D eigenvalue weighted by atomic mass is 9.34. The molecule has 0 spiro atoms. The molecule has 33 heavy (non-hydrogen) atoms. The van der Waals surface area contributed by atoms with Gasteiger partial charge < -0.3 is 9.84 Å². The molecule has 10 atom stereocenters. The quantitative estimate of drug-likeness (QED) is 0.430. The van der Waals surface area contributed by atoms with E-state index in [0.717, 1.165) is 24.9 Å². The van der Waals surface area contributed by atoms with Gasteiger partial charge in [0, 0.05) is 12.5 Å². The molecule has 5 aliphatic rings. The molecule has 3 unspecified atom stereocenters. The molecular weight excluding hydrogens is 404 g/mol. The van der Waals surface area contributed by atoms with Crippen molar-refractivity contribution in [1.29, 1.82) is 0 Å². The second kappa shape index (κ2) is 7.58. The largest absolute Gasteiger partial charge is 0.393 e. The molecule has 4 saturated carbocycles. The Morgan fingerprint density at radius 3 is 2.33 bits per heavy atom. The predicted molar refractivity (Wildman–Crippen MR) is 137 cm³/mol. The van der Waals surface area contributed by atoms with Crippen molar-refractivity contribution in [1.82, 2.24) is 0 Å². The third-order valence-corrected chi connectivity index (χ3v) is 13.3. The number of hydrogen-bond donors (Lipinski definition) is 1. The topological polar surface area (TPSA) is 29.5 Å². The monoisotopic (exact) mass is 456 g/mol. The molecule has 5 aliphatic carbocycles. The average molecular weight is 457 g/mol. The van der Waals surface area contributed by atoms with Crippen molar-refractivity contribution in [2.75, 3.05) is 6.61 Å². The highest BCUT2D eigenvalue weighted by atomic mass is 16.5. The summed E-state index contributed by atoms with van der Waals surface area (Å²) in [5, 5.41) is 10.9. The van der Waals surface area contributed by atoms with Crippen molar-refractivity contribution < 1.29 is 9.84 Å². The van der Waals surface area contributed by atoms with Crippen LogP contribution in [0.4, 0.5) is 0 Å². The van der Waals surface area contributed by atoms with E-state index in [4.69, 9.17) is 4.74 Å². The first-order valence-electron chi connectivity index (χ1n) is 14.4. The van der Waals surface area contributed by atoms with E-state index >= 15 is 0 Å². The number of aliphatic hydroxyl groups excluding tert-OH is 1. The van der Waals surface area contributed by atoms with Gasteiger partial charge in [0.25, 0.3) is 0 Å². The molecule has 0 bridgehead atoms. The summed E-state index contributed by atoms with van der Waals surface area (Å²) in [5.41, 5.74) is 2.86. The molecule has 2 nitrogen and oxygen atoms in total. The first-order valence-corrected chi connectivity index (χ1v) is 14.4. The average Bonchev–Trinajstić information content (AvgIpc) is 2.75. The minimum Gasteiger partial charge on any atom is -0.393 e. The van der Waals surface area contributed by atoms with Crippen LogP contribution in [0.15, 0.2) is 11.6 Å². The zero-order chi connectivity index (χ0) is 24.0. The SMILES string of the molecule is CCO[C@]12CC[C@@H](C)[C@H](C)C1C1=CCC3[C@@]4(C)CC[C@H](O)C(C)(C)C4CC[C@@]3(C)[C@]1(C)CC2. The molecule has 4 fully saturated rings. The van der Waals surface area contributed by atoms with Crippen LogP contribution < -0.4 is 0 Å². The molecule has 0 amide bonds. The fourth-order valence-corrected chi connectivity index (χ4v) is 11.0. The van der Waals surface area contributed by atoms with E-state index in [1.165, 1.54) is 51.4 Å². The van der Waals surface area contributed by atoms with Gasteiger partial charge >= 0.3 is 0 Å². The summed E-state index contributed by atoms with van der Waals surface area (Å²) < 4.78 is 6.73. The Hall–Kier alpha value is -0.340. The van der Waals surface area contributed by atoms with Crippen LogP contribution in [-0.2, 0) is 4.74 Å². The van der Waals surface area contributed by atoms with Gasteiger partial charge in [-0.2, -0.15) is 0 Å². The van der Waals surface area contributed by atoms with Crippen LogP contribution >= 0.6 is 0 Å². The zero-order valence-electron chi connectivity index (χ0n) is 23.0. The Morgan fingerprint density at radius 2 is 1.64 bits per heavy atom. The van der Waals surface area contributed by atoms with Gasteiger partial charge in [-0.3, -0.25) is 0 Å². The van der Waals surface area contributed by atoms with E-state index < -0.39 is 0 Å². The van der Waals surface area contributed by atoms with Gasteiger partial charge in [-0.15, -0.1) is 0 Å². The summed E-state index contributed by atoms with van der Waals surface area (Å²) in [5.74, 6) is 3.43. The van der Waals surface area contributed by atoms with Gasteiger partial charge in [-0.1, -0.05) is 60.1 Å². The maximum atomic E-state index is 10.9. The highest BCUT2D eigenvalue weighted by molar-refractivity contribution is 5.34. The molecule has 188 valence electrons. The van der Waals surface area contributed by atoms with Crippen molar-refractivity contribution in [3.8, 4) is 0 Å². The summed E-state index contributed by atoms with van der Waals surface area (Å²) >= 11 is 0. The number of aliphatic hydroxyl groups is 1. The van der Waals surface area contributed by atoms with Crippen LogP contribution in [0.2, 0.25) is 0 Å². The van der Waals surface area contributed by atoms with Crippen LogP contribution in [0.25, 0.3) is 0 Å². The molecule has 0 aromatic heterocycles. The fourth-order valence-electron chi connectivity index (χ4n) is 11.0. The number of rotatable bonds is 2. The summed E-state index contributed by atoms with van der Waals surface area (Å²) in [6, 6.07) is 0. The maximum Gasteiger partial charge on any atom is 0.0750 e. The molecule has 0 saturated heterocycles. The van der Waals surface area contributed by atoms with Crippen LogP contribution in [0.5, 0.6) is 0 Å². The van der Waals surface area contributed by atoms with Crippen LogP contribution in [0.1, 0.15) is 113 Å². The van der Waals surface area contributed by atoms with Gasteiger partial charge in [0.1, 0.15) is 0 Å². The fraction of sp³-hybridized carbons (Fsp3) is 0.935. The Balaban J connectivity index is 1.59. The van der Waals surface area contributed by atoms with E-state index in [0.29, 0.717) is 28.6 Å². The molecule has 0 aromatic rings. The maximum absolute atomic E-state index is 10.9. The first-order chi connectivity index (χ1) is 15.4. The molecule has 5 rings (SSSR count). The minimum atomic E-state index is -0.142. The number of ether oxygens (including phenoxy) is 1. The second-order valence-electron chi connectivity index (χ2n) is 14.5. The number of fused-ring (bicyclic) bond motifs is 7. The van der Waals surface area contributed by atoms with Crippen molar-refractivity contribution in [2.24, 2.45) is 51.2 Å². The van der Waals surface area contributed by atoms with Gasteiger partial charge in [0.15, 0.2) is 0 Å². The third kappa shape index (κ3) is 2.98. The van der Waals surface area contributed by atoms with Gasteiger partial charge in [-0.05, 0) is 110 Å². The highest BCUT2D eigenvalue weighted by Gasteiger charge is 2.68. The summed E-state index contributed by atoms with van der Waals surface area (Å²) in [7, 11) is 0. The normalized spacial score (nSPS) is 55.5. The Labute approximate surface area is 204 Å². The zero-order valence-corrected chi connectivity index (χ0v) is 23.0. The lowest BCUT2D eigenvalue weighted by Gasteiger charge is -2.71. The van der Waals surface area contributed by atoms with Gasteiger partial charge in [0.05, 0.1) is 11.7 Å². The predicted octanol–water partition coefficient (Wildman–Crippen LogP) is 7.79. The molecule has 0 radical (unpaired) electrons. The Kier molecular flexibility index (Phi) is 5.60. The van der Waals surface area contributed by atoms with Gasteiger partial charge in [0.2, 0.25) is 0 Å². The Morgan fingerprint density at radius 1 is 0.909 bits per heavy atom. The minimum absolute atomic E-state index is 0.0310. The third-order valence-electron chi connectivity index (χ3n) is 13.3. The highest BCUT2D eigenvalue weighted by Crippen LogP contribution is 2.75. The van der Waals surface area contributed by atoms with Crippen LogP contribution in [0.3, 0.4) is 0 Å². The molecule has 0 heterocycles. The lowest BCUT2D eigenvalue weighted by molar-refractivity contribution is -0.215. The number of allylic oxidation sites excluding steroid dienone is 1. The van der Waals surface area contributed by atoms with E-state index in [-0.39, 0.29) is 22.5 Å². The van der Waals surface area contributed by atoms with Crippen molar-refractivity contribution in [3.63, 3.8) is 0 Å². The molecular formula is C31H52O2.